The standard InChI is InChI=1S/C20H29BrO14/c1-7(23)29-6-12-16(30-8(2)24)17(31-9(3)25)18(32-10(4)26)20(34-12)35-15-11(5-22)33-19(21)14(28)13(15)27/h11-20,22,27-28H,5-6H2,1-4H3/t11-,12-,13-,14-,15-,16+,17+,18-,19-,20+/m1/s1. The predicted octanol–water partition coefficient (Wildman–Crippen LogP) is -1.71. The van der Waals surface area contributed by atoms with Gasteiger partial charge < -0.3 is 48.5 Å². The number of ether oxygens (including phenoxy) is 7. The first-order valence-corrected chi connectivity index (χ1v) is 11.5. The maximum Gasteiger partial charge on any atom is 0.303 e. The summed E-state index contributed by atoms with van der Waals surface area (Å²) in [5, 5.41) is 29.4. The van der Waals surface area contributed by atoms with Crippen LogP contribution in [0.15, 0.2) is 0 Å². The molecule has 2 aliphatic rings. The minimum atomic E-state index is -1.62. The van der Waals surface area contributed by atoms with E-state index in [0.29, 0.717) is 0 Å². The first kappa shape index (κ1) is 29.4. The molecule has 14 nitrogen and oxygen atoms in total. The Bertz CT molecular complexity index is 775. The van der Waals surface area contributed by atoms with Crippen molar-refractivity contribution >= 4 is 39.8 Å². The molecule has 35 heavy (non-hydrogen) atoms. The fourth-order valence-corrected chi connectivity index (χ4v) is 4.25. The van der Waals surface area contributed by atoms with Crippen molar-refractivity contribution in [3.63, 3.8) is 0 Å². The van der Waals surface area contributed by atoms with Gasteiger partial charge in [0.15, 0.2) is 24.6 Å². The fourth-order valence-electron chi connectivity index (χ4n) is 3.66. The Labute approximate surface area is 208 Å². The van der Waals surface area contributed by atoms with Gasteiger partial charge in [0.25, 0.3) is 0 Å². The normalized spacial score (nSPS) is 37.1. The fraction of sp³-hybridized carbons (Fsp3) is 0.800. The molecule has 0 radical (unpaired) electrons. The lowest BCUT2D eigenvalue weighted by molar-refractivity contribution is -0.340. The van der Waals surface area contributed by atoms with E-state index < -0.39 is 97.2 Å². The van der Waals surface area contributed by atoms with Crippen molar-refractivity contribution in [3.8, 4) is 0 Å². The molecule has 0 amide bonds. The predicted molar refractivity (Wildman–Crippen MR) is 114 cm³/mol. The monoisotopic (exact) mass is 572 g/mol. The lowest BCUT2D eigenvalue weighted by Gasteiger charge is -2.47. The Balaban J connectivity index is 2.46. The summed E-state index contributed by atoms with van der Waals surface area (Å²) >= 11 is 3.03. The number of alkyl halides is 1. The van der Waals surface area contributed by atoms with Crippen LogP contribution in [0.25, 0.3) is 0 Å². The van der Waals surface area contributed by atoms with E-state index in [0.717, 1.165) is 27.7 Å². The number of aliphatic hydroxyl groups is 3. The molecule has 2 saturated heterocycles. The highest BCUT2D eigenvalue weighted by Gasteiger charge is 2.55. The summed E-state index contributed by atoms with van der Waals surface area (Å²) in [6, 6.07) is 0. The molecule has 0 aromatic heterocycles. The molecular weight excluding hydrogens is 544 g/mol. The van der Waals surface area contributed by atoms with Crippen molar-refractivity contribution in [1.82, 2.24) is 0 Å². The van der Waals surface area contributed by atoms with Crippen LogP contribution < -0.4 is 0 Å². The Hall–Kier alpha value is -1.88. The summed E-state index contributed by atoms with van der Waals surface area (Å²) in [5.41, 5.74) is 0. The van der Waals surface area contributed by atoms with E-state index in [2.05, 4.69) is 15.9 Å². The lowest BCUT2D eigenvalue weighted by Crippen LogP contribution is -2.65. The van der Waals surface area contributed by atoms with Crippen molar-refractivity contribution in [3.05, 3.63) is 0 Å². The van der Waals surface area contributed by atoms with Gasteiger partial charge in [0.05, 0.1) is 6.61 Å². The lowest BCUT2D eigenvalue weighted by atomic mass is 9.96. The third kappa shape index (κ3) is 7.80. The molecule has 3 N–H and O–H groups in total. The van der Waals surface area contributed by atoms with Crippen LogP contribution in [0.3, 0.4) is 0 Å². The minimum absolute atomic E-state index is 0.475. The third-order valence-corrected chi connectivity index (χ3v) is 5.80. The van der Waals surface area contributed by atoms with Crippen LogP contribution in [0.4, 0.5) is 0 Å². The zero-order valence-corrected chi connectivity index (χ0v) is 21.0. The van der Waals surface area contributed by atoms with Crippen LogP contribution in [0.5, 0.6) is 0 Å². The highest BCUT2D eigenvalue weighted by atomic mass is 79.9. The quantitative estimate of drug-likeness (QED) is 0.169. The van der Waals surface area contributed by atoms with Gasteiger partial charge in [0, 0.05) is 27.7 Å². The Morgan fingerprint density at radius 2 is 1.29 bits per heavy atom. The van der Waals surface area contributed by atoms with Gasteiger partial charge in [-0.3, -0.25) is 19.2 Å². The van der Waals surface area contributed by atoms with Crippen LogP contribution >= 0.6 is 15.9 Å². The second-order valence-corrected chi connectivity index (χ2v) is 8.76. The van der Waals surface area contributed by atoms with E-state index in [9.17, 15) is 34.5 Å². The van der Waals surface area contributed by atoms with Gasteiger partial charge in [-0.05, 0) is 0 Å². The molecule has 200 valence electrons. The first-order valence-electron chi connectivity index (χ1n) is 10.6. The molecule has 0 bridgehead atoms. The number of halogens is 1. The highest BCUT2D eigenvalue weighted by molar-refractivity contribution is 9.09. The summed E-state index contributed by atoms with van der Waals surface area (Å²) in [6.07, 6.45) is -13.0. The summed E-state index contributed by atoms with van der Waals surface area (Å²) < 4.78 is 37.8. The molecule has 15 heteroatoms. The van der Waals surface area contributed by atoms with E-state index >= 15 is 0 Å². The molecule has 2 heterocycles. The smallest absolute Gasteiger partial charge is 0.303 e. The van der Waals surface area contributed by atoms with Crippen LogP contribution in [0.1, 0.15) is 27.7 Å². The molecule has 2 aliphatic heterocycles. The maximum atomic E-state index is 11.9. The molecule has 0 unspecified atom stereocenters. The Kier molecular flexibility index (Phi) is 10.8. The molecule has 0 spiro atoms. The summed E-state index contributed by atoms with van der Waals surface area (Å²) in [4.78, 5) is 46.9. The molecule has 10 atom stereocenters. The average Bonchev–Trinajstić information content (AvgIpc) is 2.75. The van der Waals surface area contributed by atoms with E-state index in [1.807, 2.05) is 0 Å². The van der Waals surface area contributed by atoms with E-state index in [-0.39, 0.29) is 0 Å². The van der Waals surface area contributed by atoms with Crippen LogP contribution in [-0.4, -0.2) is 113 Å². The third-order valence-electron chi connectivity index (χ3n) is 5.05. The molecule has 0 aromatic rings. The molecular formula is C20H29BrO14. The topological polar surface area (TPSA) is 194 Å². The van der Waals surface area contributed by atoms with Crippen molar-refractivity contribution < 1.29 is 67.7 Å². The van der Waals surface area contributed by atoms with Crippen molar-refractivity contribution in [2.24, 2.45) is 0 Å². The van der Waals surface area contributed by atoms with E-state index in [1.54, 1.807) is 0 Å². The van der Waals surface area contributed by atoms with Gasteiger partial charge in [0.2, 0.25) is 0 Å². The van der Waals surface area contributed by atoms with Gasteiger partial charge in [-0.2, -0.15) is 0 Å². The number of rotatable bonds is 8. The largest absolute Gasteiger partial charge is 0.463 e. The Morgan fingerprint density at radius 1 is 0.743 bits per heavy atom. The number of hydrogen-bond donors (Lipinski definition) is 3. The minimum Gasteiger partial charge on any atom is -0.463 e. The Morgan fingerprint density at radius 3 is 1.80 bits per heavy atom. The second kappa shape index (κ2) is 12.9. The van der Waals surface area contributed by atoms with Crippen LogP contribution in [0.2, 0.25) is 0 Å². The maximum absolute atomic E-state index is 11.9. The number of carbonyl (C=O) groups is 4. The molecule has 0 aromatic carbocycles. The molecule has 2 rings (SSSR count). The van der Waals surface area contributed by atoms with Gasteiger partial charge in [0.1, 0.15) is 42.1 Å². The zero-order valence-electron chi connectivity index (χ0n) is 19.4. The van der Waals surface area contributed by atoms with E-state index in [4.69, 9.17) is 33.2 Å². The summed E-state index contributed by atoms with van der Waals surface area (Å²) in [7, 11) is 0. The van der Waals surface area contributed by atoms with Gasteiger partial charge in [-0.15, -0.1) is 0 Å². The second-order valence-electron chi connectivity index (χ2n) is 7.86. The summed E-state index contributed by atoms with van der Waals surface area (Å²) in [6.45, 7) is 3.22. The number of aliphatic hydroxyl groups excluding tert-OH is 3. The van der Waals surface area contributed by atoms with Gasteiger partial charge in [-0.1, -0.05) is 15.9 Å². The molecule has 0 aliphatic carbocycles. The van der Waals surface area contributed by atoms with Crippen molar-refractivity contribution in [2.75, 3.05) is 13.2 Å². The summed E-state index contributed by atoms with van der Waals surface area (Å²) in [5.74, 6) is -3.17. The van der Waals surface area contributed by atoms with Crippen LogP contribution in [0, 0.1) is 0 Å². The molecule has 0 saturated carbocycles. The first-order chi connectivity index (χ1) is 16.3. The van der Waals surface area contributed by atoms with Crippen molar-refractivity contribution in [2.45, 2.75) is 87.8 Å². The molecule has 2 fully saturated rings. The van der Waals surface area contributed by atoms with Gasteiger partial charge >= 0.3 is 23.9 Å². The SMILES string of the molecule is CC(=O)OC[C@H]1O[C@@H](O[C@H]2[C@H](O)[C@@H](O)[C@H](Br)O[C@@H]2CO)[C@H](OC(C)=O)[C@@H](OC(C)=O)[C@H]1OC(C)=O. The van der Waals surface area contributed by atoms with E-state index in [1.165, 1.54) is 0 Å². The highest BCUT2D eigenvalue weighted by Crippen LogP contribution is 2.34. The average molecular weight is 573 g/mol. The number of carbonyl (C=O) groups excluding carboxylic acids is 4. The number of hydrogen-bond acceptors (Lipinski definition) is 14. The zero-order chi connectivity index (χ0) is 26.4. The van der Waals surface area contributed by atoms with Crippen molar-refractivity contribution in [1.29, 1.82) is 0 Å². The van der Waals surface area contributed by atoms with Gasteiger partial charge in [-0.25, -0.2) is 0 Å². The van der Waals surface area contributed by atoms with Crippen LogP contribution in [-0.2, 0) is 52.3 Å². The number of esters is 4.